The fraction of sp³-hybridized carbons (Fsp3) is 0.444. The van der Waals surface area contributed by atoms with Crippen molar-refractivity contribution in [2.75, 3.05) is 31.3 Å². The summed E-state index contributed by atoms with van der Waals surface area (Å²) in [4.78, 5) is 15.4. The van der Waals surface area contributed by atoms with Crippen LogP contribution < -0.4 is 4.90 Å². The van der Waals surface area contributed by atoms with Gasteiger partial charge < -0.3 is 14.2 Å². The van der Waals surface area contributed by atoms with E-state index in [1.165, 1.54) is 0 Å². The summed E-state index contributed by atoms with van der Waals surface area (Å²) in [5.74, 6) is 0.570. The van der Waals surface area contributed by atoms with Crippen LogP contribution in [0.2, 0.25) is 30.7 Å². The van der Waals surface area contributed by atoms with Crippen LogP contribution in [-0.4, -0.2) is 63.7 Å². The van der Waals surface area contributed by atoms with Gasteiger partial charge >= 0.3 is 0 Å². The van der Waals surface area contributed by atoms with Gasteiger partial charge in [-0.2, -0.15) is 10.4 Å². The number of nitrogens with zero attached hydrogens (tertiary/aromatic N) is 8. The lowest BCUT2D eigenvalue weighted by molar-refractivity contribution is 0.0899. The van der Waals surface area contributed by atoms with E-state index >= 15 is 0 Å². The van der Waals surface area contributed by atoms with Gasteiger partial charge in [0.1, 0.15) is 42.3 Å². The minimum Gasteiger partial charge on any atom is -0.361 e. The normalized spacial score (nSPS) is 16.6. The summed E-state index contributed by atoms with van der Waals surface area (Å²) in [6, 6.07) is 6.33. The Labute approximate surface area is 233 Å². The molecule has 0 amide bonds. The van der Waals surface area contributed by atoms with E-state index in [-0.39, 0.29) is 5.92 Å². The van der Waals surface area contributed by atoms with Gasteiger partial charge in [0, 0.05) is 63.2 Å². The Hall–Kier alpha value is -3.33. The lowest BCUT2D eigenvalue weighted by Crippen LogP contribution is -2.27. The van der Waals surface area contributed by atoms with E-state index in [0.29, 0.717) is 36.2 Å². The highest BCUT2D eigenvalue weighted by Gasteiger charge is 2.33. The number of hydrogen-bond donors (Lipinski definition) is 0. The van der Waals surface area contributed by atoms with Crippen molar-refractivity contribution in [1.82, 2.24) is 29.3 Å². The Bertz CT molecular complexity index is 1490. The summed E-state index contributed by atoms with van der Waals surface area (Å²) in [5.41, 5.74) is 2.73. The van der Waals surface area contributed by atoms with Crippen LogP contribution in [0.25, 0.3) is 22.3 Å². The minimum atomic E-state index is -1.15. The number of pyridine rings is 1. The fourth-order valence-corrected chi connectivity index (χ4v) is 6.00. The van der Waals surface area contributed by atoms with E-state index in [1.807, 2.05) is 27.9 Å². The van der Waals surface area contributed by atoms with Gasteiger partial charge in [-0.25, -0.2) is 19.3 Å². The highest BCUT2D eigenvalue weighted by molar-refractivity contribution is 6.76. The van der Waals surface area contributed by atoms with E-state index in [0.717, 1.165) is 41.4 Å². The van der Waals surface area contributed by atoms with E-state index < -0.39 is 20.8 Å². The maximum atomic E-state index is 14.4. The average molecular weight is 567 g/mol. The van der Waals surface area contributed by atoms with Crippen molar-refractivity contribution < 1.29 is 9.13 Å². The molecule has 204 valence electrons. The first-order chi connectivity index (χ1) is 18.8. The molecule has 4 aromatic heterocycles. The predicted octanol–water partition coefficient (Wildman–Crippen LogP) is 5.56. The summed E-state index contributed by atoms with van der Waals surface area (Å²) in [6.07, 6.45) is 9.43. The predicted molar refractivity (Wildman–Crippen MR) is 152 cm³/mol. The highest BCUT2D eigenvalue weighted by atomic mass is 35.5. The van der Waals surface area contributed by atoms with E-state index in [4.69, 9.17) is 16.3 Å². The molecule has 4 aromatic rings. The number of fused-ring (bicyclic) bond motifs is 1. The lowest BCUT2D eigenvalue weighted by Gasteiger charge is -2.23. The zero-order valence-corrected chi connectivity index (χ0v) is 24.1. The number of halogens is 2. The molecule has 9 nitrogen and oxygen atoms in total. The number of rotatable bonds is 10. The van der Waals surface area contributed by atoms with Crippen molar-refractivity contribution in [1.29, 1.82) is 5.26 Å². The molecule has 1 fully saturated rings. The van der Waals surface area contributed by atoms with Crippen LogP contribution in [0.4, 0.5) is 10.2 Å². The summed E-state index contributed by atoms with van der Waals surface area (Å²) in [6.45, 7) is 8.86. The average Bonchev–Trinajstić information content (AvgIpc) is 3.67. The van der Waals surface area contributed by atoms with Crippen LogP contribution in [0.5, 0.6) is 0 Å². The Balaban J connectivity index is 1.31. The second-order valence-electron chi connectivity index (χ2n) is 11.1. The molecule has 5 heterocycles. The number of hydrogen-bond acceptors (Lipinski definition) is 7. The molecule has 0 N–H and O–H groups in total. The highest BCUT2D eigenvalue weighted by Crippen LogP contribution is 2.35. The number of anilines is 1. The minimum absolute atomic E-state index is 0.00571. The Morgan fingerprint density at radius 2 is 2.10 bits per heavy atom. The summed E-state index contributed by atoms with van der Waals surface area (Å²) >= 11 is 6.40. The van der Waals surface area contributed by atoms with Gasteiger partial charge in [0.25, 0.3) is 0 Å². The van der Waals surface area contributed by atoms with Crippen molar-refractivity contribution in [3.8, 4) is 17.3 Å². The zero-order chi connectivity index (χ0) is 27.6. The molecular weight excluding hydrogens is 535 g/mol. The van der Waals surface area contributed by atoms with Crippen molar-refractivity contribution in [2.24, 2.45) is 5.92 Å². The summed E-state index contributed by atoms with van der Waals surface area (Å²) in [7, 11) is -1.15. The molecule has 0 radical (unpaired) electrons. The maximum Gasteiger partial charge on any atom is 0.148 e. The molecule has 0 aromatic carbocycles. The monoisotopic (exact) mass is 566 g/mol. The third kappa shape index (κ3) is 5.83. The maximum absolute atomic E-state index is 14.4. The molecule has 0 spiro atoms. The second kappa shape index (κ2) is 11.4. The van der Waals surface area contributed by atoms with E-state index in [1.54, 1.807) is 29.5 Å². The SMILES string of the molecule is C[Si](C)(C)CCOCn1ccc2c(-c3cnn(C(CF)C4CCN(c5nccc(C#N)c5Cl)C4)c3)ncnc21. The smallest absolute Gasteiger partial charge is 0.148 e. The van der Waals surface area contributed by atoms with E-state index in [9.17, 15) is 9.65 Å². The molecule has 1 aliphatic rings. The first-order valence-electron chi connectivity index (χ1n) is 13.1. The molecule has 1 saturated heterocycles. The van der Waals surface area contributed by atoms with Crippen LogP contribution in [0, 0.1) is 17.2 Å². The Morgan fingerprint density at radius 1 is 1.26 bits per heavy atom. The fourth-order valence-electron chi connectivity index (χ4n) is 4.97. The van der Waals surface area contributed by atoms with Gasteiger partial charge in [-0.15, -0.1) is 0 Å². The van der Waals surface area contributed by atoms with Crippen LogP contribution >= 0.6 is 11.6 Å². The molecule has 2 atom stereocenters. The van der Waals surface area contributed by atoms with Crippen LogP contribution in [0.1, 0.15) is 18.0 Å². The molecule has 0 bridgehead atoms. The van der Waals surface area contributed by atoms with Gasteiger partial charge in [0.15, 0.2) is 0 Å². The van der Waals surface area contributed by atoms with Gasteiger partial charge in [-0.1, -0.05) is 31.2 Å². The molecule has 0 saturated carbocycles. The Morgan fingerprint density at radius 3 is 2.87 bits per heavy atom. The third-order valence-corrected chi connectivity index (χ3v) is 9.29. The van der Waals surface area contributed by atoms with Gasteiger partial charge in [-0.05, 0) is 24.6 Å². The summed E-state index contributed by atoms with van der Waals surface area (Å²) in [5, 5.41) is 15.1. The molecular formula is C27H32ClFN8OSi. The molecule has 2 unspecified atom stereocenters. The third-order valence-electron chi connectivity index (χ3n) is 7.22. The number of ether oxygens (including phenoxy) is 1. The van der Waals surface area contributed by atoms with Crippen molar-refractivity contribution >= 4 is 36.5 Å². The molecule has 12 heteroatoms. The molecule has 1 aliphatic heterocycles. The lowest BCUT2D eigenvalue weighted by atomic mass is 10.0. The second-order valence-corrected chi connectivity index (χ2v) is 17.1. The van der Waals surface area contributed by atoms with Crippen molar-refractivity contribution in [2.45, 2.75) is 44.9 Å². The van der Waals surface area contributed by atoms with E-state index in [2.05, 4.69) is 45.8 Å². The molecule has 5 rings (SSSR count). The summed E-state index contributed by atoms with van der Waals surface area (Å²) < 4.78 is 24.0. The van der Waals surface area contributed by atoms with Crippen molar-refractivity contribution in [3.05, 3.63) is 53.8 Å². The largest absolute Gasteiger partial charge is 0.361 e. The topological polar surface area (TPSA) is 97.7 Å². The van der Waals surface area contributed by atoms with Crippen LogP contribution in [-0.2, 0) is 11.5 Å². The number of alkyl halides is 1. The number of aromatic nitrogens is 6. The standard InChI is InChI=1S/C27H32ClFN8OSi/c1-39(2,3)11-10-38-18-36-9-6-22-25(32-17-33-26(22)36)21-14-34-37(16-21)23(12-29)20-5-8-35(15-20)27-24(28)19(13-30)4-7-31-27/h4,6-7,9,14,16-17,20,23H,5,8,10-12,15,18H2,1-3H3. The zero-order valence-electron chi connectivity index (χ0n) is 22.4. The van der Waals surface area contributed by atoms with Gasteiger partial charge in [0.2, 0.25) is 0 Å². The van der Waals surface area contributed by atoms with Crippen molar-refractivity contribution in [3.63, 3.8) is 0 Å². The first kappa shape index (κ1) is 27.2. The molecule has 0 aliphatic carbocycles. The molecule has 39 heavy (non-hydrogen) atoms. The Kier molecular flexibility index (Phi) is 7.97. The van der Waals surface area contributed by atoms with Crippen LogP contribution in [0.3, 0.4) is 0 Å². The number of nitriles is 1. The van der Waals surface area contributed by atoms with Gasteiger partial charge in [-0.3, -0.25) is 4.68 Å². The van der Waals surface area contributed by atoms with Gasteiger partial charge in [0.05, 0.1) is 23.5 Å². The van der Waals surface area contributed by atoms with Crippen LogP contribution in [0.15, 0.2) is 43.2 Å². The quantitative estimate of drug-likeness (QED) is 0.183. The first-order valence-corrected chi connectivity index (χ1v) is 17.1.